The number of rotatable bonds is 5. The predicted octanol–water partition coefficient (Wildman–Crippen LogP) is 4.19. The fraction of sp³-hybridized carbons (Fsp3) is 0.312. The maximum absolute atomic E-state index is 12.4. The van der Waals surface area contributed by atoms with Crippen molar-refractivity contribution in [3.05, 3.63) is 36.5 Å². The summed E-state index contributed by atoms with van der Waals surface area (Å²) in [6.45, 7) is 5.95. The molecular formula is C16H18N4OS2. The number of anilines is 1. The smallest absolute Gasteiger partial charge is 0.238 e. The van der Waals surface area contributed by atoms with Crippen molar-refractivity contribution in [2.45, 2.75) is 36.4 Å². The fourth-order valence-corrected chi connectivity index (χ4v) is 4.37. The number of carbonyl (C=O) groups is 1. The molecule has 23 heavy (non-hydrogen) atoms. The Bertz CT molecular complexity index is 791. The topological polar surface area (TPSA) is 59.8 Å². The molecule has 1 aromatic carbocycles. The van der Waals surface area contributed by atoms with Gasteiger partial charge in [-0.3, -0.25) is 4.79 Å². The maximum atomic E-state index is 12.4. The van der Waals surface area contributed by atoms with Gasteiger partial charge in [0.2, 0.25) is 5.91 Å². The third kappa shape index (κ3) is 3.56. The number of para-hydroxylation sites is 1. The highest BCUT2D eigenvalue weighted by Gasteiger charge is 2.18. The van der Waals surface area contributed by atoms with Crippen molar-refractivity contribution in [2.75, 3.05) is 5.32 Å². The average Bonchev–Trinajstić information content (AvgIpc) is 3.12. The van der Waals surface area contributed by atoms with Crippen LogP contribution in [-0.4, -0.2) is 25.9 Å². The Morgan fingerprint density at radius 3 is 2.78 bits per heavy atom. The van der Waals surface area contributed by atoms with Crippen LogP contribution in [0.3, 0.4) is 0 Å². The van der Waals surface area contributed by atoms with Crippen LogP contribution in [0, 0.1) is 0 Å². The first-order valence-electron chi connectivity index (χ1n) is 7.41. The van der Waals surface area contributed by atoms with Gasteiger partial charge in [0.25, 0.3) is 0 Å². The Balaban J connectivity index is 1.68. The van der Waals surface area contributed by atoms with Crippen molar-refractivity contribution in [1.29, 1.82) is 0 Å². The minimum absolute atomic E-state index is 0.0448. The summed E-state index contributed by atoms with van der Waals surface area (Å²) in [6, 6.07) is 10.0. The standard InChI is InChI=1S/C16H18N4OS2/c1-10(2)20-14(8-9-17-20)19-15(21)11(3)22-16-18-12-6-4-5-7-13(12)23-16/h4-11H,1-3H3,(H,19,21). The first kappa shape index (κ1) is 16.0. The molecule has 0 aliphatic carbocycles. The van der Waals surface area contributed by atoms with E-state index < -0.39 is 0 Å². The van der Waals surface area contributed by atoms with Crippen LogP contribution >= 0.6 is 23.1 Å². The number of fused-ring (bicyclic) bond motifs is 1. The van der Waals surface area contributed by atoms with Gasteiger partial charge in [-0.2, -0.15) is 5.10 Å². The molecule has 0 aliphatic rings. The third-order valence-electron chi connectivity index (χ3n) is 3.33. The van der Waals surface area contributed by atoms with Gasteiger partial charge in [0.1, 0.15) is 5.82 Å². The lowest BCUT2D eigenvalue weighted by Crippen LogP contribution is -2.24. The largest absolute Gasteiger partial charge is 0.310 e. The summed E-state index contributed by atoms with van der Waals surface area (Å²) in [5.41, 5.74) is 0.977. The minimum atomic E-state index is -0.230. The third-order valence-corrected chi connectivity index (χ3v) is 5.56. The second-order valence-corrected chi connectivity index (χ2v) is 8.07. The second kappa shape index (κ2) is 6.72. The summed E-state index contributed by atoms with van der Waals surface area (Å²) >= 11 is 3.09. The SMILES string of the molecule is CC(Sc1nc2ccccc2s1)C(=O)Nc1ccnn1C(C)C. The molecule has 0 spiro atoms. The molecule has 0 aliphatic heterocycles. The van der Waals surface area contributed by atoms with E-state index in [1.54, 1.807) is 22.2 Å². The zero-order chi connectivity index (χ0) is 16.4. The molecule has 1 N–H and O–H groups in total. The van der Waals surface area contributed by atoms with Crippen LogP contribution in [0.15, 0.2) is 40.9 Å². The van der Waals surface area contributed by atoms with Gasteiger partial charge >= 0.3 is 0 Å². The Morgan fingerprint density at radius 2 is 2.04 bits per heavy atom. The van der Waals surface area contributed by atoms with Crippen LogP contribution < -0.4 is 5.32 Å². The predicted molar refractivity (Wildman–Crippen MR) is 96.2 cm³/mol. The molecule has 1 unspecified atom stereocenters. The Morgan fingerprint density at radius 1 is 1.26 bits per heavy atom. The number of nitrogens with one attached hydrogen (secondary N) is 1. The molecule has 2 aromatic heterocycles. The van der Waals surface area contributed by atoms with Gasteiger partial charge in [0.15, 0.2) is 4.34 Å². The van der Waals surface area contributed by atoms with Gasteiger partial charge in [0, 0.05) is 12.1 Å². The van der Waals surface area contributed by atoms with Crippen molar-refractivity contribution >= 4 is 45.0 Å². The number of thiazole rings is 1. The average molecular weight is 346 g/mol. The highest BCUT2D eigenvalue weighted by atomic mass is 32.2. The van der Waals surface area contributed by atoms with Gasteiger partial charge in [-0.1, -0.05) is 23.9 Å². The first-order valence-corrected chi connectivity index (χ1v) is 9.11. The molecule has 0 saturated heterocycles. The van der Waals surface area contributed by atoms with E-state index in [2.05, 4.69) is 15.4 Å². The molecule has 5 nitrogen and oxygen atoms in total. The Hall–Kier alpha value is -1.86. The molecule has 0 fully saturated rings. The van der Waals surface area contributed by atoms with Crippen LogP contribution in [0.1, 0.15) is 26.8 Å². The van der Waals surface area contributed by atoms with E-state index in [-0.39, 0.29) is 17.2 Å². The van der Waals surface area contributed by atoms with E-state index in [1.165, 1.54) is 11.8 Å². The quantitative estimate of drug-likeness (QED) is 0.704. The summed E-state index contributed by atoms with van der Waals surface area (Å²) in [5.74, 6) is 0.679. The molecule has 3 aromatic rings. The number of nitrogens with zero attached hydrogens (tertiary/aromatic N) is 3. The molecule has 0 radical (unpaired) electrons. The van der Waals surface area contributed by atoms with E-state index in [9.17, 15) is 4.79 Å². The summed E-state index contributed by atoms with van der Waals surface area (Å²) in [5, 5.41) is 6.94. The van der Waals surface area contributed by atoms with Crippen LogP contribution in [0.5, 0.6) is 0 Å². The molecule has 7 heteroatoms. The number of aromatic nitrogens is 3. The van der Waals surface area contributed by atoms with E-state index >= 15 is 0 Å². The number of thioether (sulfide) groups is 1. The number of amides is 1. The van der Waals surface area contributed by atoms with Gasteiger partial charge < -0.3 is 5.32 Å². The normalized spacial score (nSPS) is 12.7. The fourth-order valence-electron chi connectivity index (χ4n) is 2.16. The van der Waals surface area contributed by atoms with Crippen molar-refractivity contribution in [2.24, 2.45) is 0 Å². The summed E-state index contributed by atoms with van der Waals surface area (Å²) in [7, 11) is 0. The van der Waals surface area contributed by atoms with Crippen molar-refractivity contribution in [1.82, 2.24) is 14.8 Å². The van der Waals surface area contributed by atoms with Gasteiger partial charge in [-0.15, -0.1) is 11.3 Å². The van der Waals surface area contributed by atoms with E-state index in [1.807, 2.05) is 51.1 Å². The summed E-state index contributed by atoms with van der Waals surface area (Å²) in [4.78, 5) is 17.0. The Kier molecular flexibility index (Phi) is 4.68. The number of hydrogen-bond acceptors (Lipinski definition) is 5. The molecule has 120 valence electrons. The molecular weight excluding hydrogens is 328 g/mol. The van der Waals surface area contributed by atoms with E-state index in [0.717, 1.165) is 20.4 Å². The molecule has 0 bridgehead atoms. The van der Waals surface area contributed by atoms with Crippen LogP contribution in [0.4, 0.5) is 5.82 Å². The monoisotopic (exact) mass is 346 g/mol. The van der Waals surface area contributed by atoms with Crippen molar-refractivity contribution in [3.8, 4) is 0 Å². The summed E-state index contributed by atoms with van der Waals surface area (Å²) in [6.07, 6.45) is 1.70. The lowest BCUT2D eigenvalue weighted by atomic mass is 10.3. The van der Waals surface area contributed by atoms with Crippen molar-refractivity contribution in [3.63, 3.8) is 0 Å². The lowest BCUT2D eigenvalue weighted by molar-refractivity contribution is -0.115. The first-order chi connectivity index (χ1) is 11.0. The highest BCUT2D eigenvalue weighted by molar-refractivity contribution is 8.02. The zero-order valence-corrected chi connectivity index (χ0v) is 14.8. The van der Waals surface area contributed by atoms with Gasteiger partial charge in [0.05, 0.1) is 21.7 Å². The molecule has 0 saturated carbocycles. The van der Waals surface area contributed by atoms with E-state index in [0.29, 0.717) is 0 Å². The maximum Gasteiger partial charge on any atom is 0.238 e. The molecule has 1 atom stereocenters. The van der Waals surface area contributed by atoms with E-state index in [4.69, 9.17) is 0 Å². The Labute approximate surface area is 143 Å². The van der Waals surface area contributed by atoms with Gasteiger partial charge in [-0.05, 0) is 32.9 Å². The molecule has 3 rings (SSSR count). The van der Waals surface area contributed by atoms with Gasteiger partial charge in [-0.25, -0.2) is 9.67 Å². The highest BCUT2D eigenvalue weighted by Crippen LogP contribution is 2.32. The van der Waals surface area contributed by atoms with Crippen molar-refractivity contribution < 1.29 is 4.79 Å². The van der Waals surface area contributed by atoms with Crippen LogP contribution in [-0.2, 0) is 4.79 Å². The summed E-state index contributed by atoms with van der Waals surface area (Å²) < 4.78 is 3.85. The molecule has 2 heterocycles. The van der Waals surface area contributed by atoms with Crippen LogP contribution in [0.25, 0.3) is 10.2 Å². The molecule has 1 amide bonds. The number of carbonyl (C=O) groups excluding carboxylic acids is 1. The lowest BCUT2D eigenvalue weighted by Gasteiger charge is -2.14. The number of hydrogen-bond donors (Lipinski definition) is 1. The second-order valence-electron chi connectivity index (χ2n) is 5.45. The zero-order valence-electron chi connectivity index (χ0n) is 13.2. The van der Waals surface area contributed by atoms with Crippen LogP contribution in [0.2, 0.25) is 0 Å². The number of benzene rings is 1. The minimum Gasteiger partial charge on any atom is -0.310 e.